The van der Waals surface area contributed by atoms with Crippen LogP contribution < -0.4 is 0 Å². The van der Waals surface area contributed by atoms with Gasteiger partial charge in [0.1, 0.15) is 0 Å². The number of alkyl halides is 3. The van der Waals surface area contributed by atoms with Crippen LogP contribution in [0.2, 0.25) is 0 Å². The zero-order valence-electron chi connectivity index (χ0n) is 7.66. The van der Waals surface area contributed by atoms with Crippen molar-refractivity contribution in [1.29, 1.82) is 0 Å². The Balaban J connectivity index is 2.97. The molecule has 15 heavy (non-hydrogen) atoms. The molecular formula is C10H9F3O2. The summed E-state index contributed by atoms with van der Waals surface area (Å²) in [6, 6.07) is 7.05. The molecule has 0 spiro atoms. The third-order valence-corrected chi connectivity index (χ3v) is 1.98. The van der Waals surface area contributed by atoms with Crippen LogP contribution in [-0.4, -0.2) is 17.3 Å². The van der Waals surface area contributed by atoms with Gasteiger partial charge in [0, 0.05) is 0 Å². The standard InChI is InChI=1S/C10H9F3O2/c11-10(12,13)8(6-9(14)15)7-4-2-1-3-5-7/h1-5,8H,6H2,(H,14,15)/t8-/m0/s1. The van der Waals surface area contributed by atoms with Gasteiger partial charge in [-0.25, -0.2) is 0 Å². The first-order valence-corrected chi connectivity index (χ1v) is 4.24. The topological polar surface area (TPSA) is 37.3 Å². The van der Waals surface area contributed by atoms with Gasteiger partial charge in [-0.1, -0.05) is 30.3 Å². The summed E-state index contributed by atoms with van der Waals surface area (Å²) in [5.74, 6) is -3.39. The highest BCUT2D eigenvalue weighted by molar-refractivity contribution is 5.68. The van der Waals surface area contributed by atoms with Crippen LogP contribution in [0, 0.1) is 0 Å². The minimum absolute atomic E-state index is 0.0209. The Bertz CT molecular complexity index is 332. The van der Waals surface area contributed by atoms with Gasteiger partial charge >= 0.3 is 12.1 Å². The molecule has 2 nitrogen and oxygen atoms in total. The molecule has 0 fully saturated rings. The van der Waals surface area contributed by atoms with Crippen molar-refractivity contribution < 1.29 is 23.1 Å². The van der Waals surface area contributed by atoms with Crippen LogP contribution in [0.25, 0.3) is 0 Å². The summed E-state index contributed by atoms with van der Waals surface area (Å²) >= 11 is 0. The van der Waals surface area contributed by atoms with E-state index in [1.807, 2.05) is 0 Å². The van der Waals surface area contributed by atoms with Gasteiger partial charge in [-0.2, -0.15) is 13.2 Å². The van der Waals surface area contributed by atoms with Crippen molar-refractivity contribution in [3.05, 3.63) is 35.9 Å². The first kappa shape index (κ1) is 11.6. The summed E-state index contributed by atoms with van der Waals surface area (Å²) in [6.45, 7) is 0. The van der Waals surface area contributed by atoms with E-state index in [1.165, 1.54) is 24.3 Å². The molecule has 82 valence electrons. The second-order valence-corrected chi connectivity index (χ2v) is 3.10. The van der Waals surface area contributed by atoms with E-state index in [0.717, 1.165) is 0 Å². The highest BCUT2D eigenvalue weighted by atomic mass is 19.4. The smallest absolute Gasteiger partial charge is 0.396 e. The van der Waals surface area contributed by atoms with Crippen molar-refractivity contribution in [2.24, 2.45) is 0 Å². The maximum absolute atomic E-state index is 12.5. The largest absolute Gasteiger partial charge is 0.481 e. The molecule has 0 bridgehead atoms. The maximum Gasteiger partial charge on any atom is 0.396 e. The number of carboxylic acid groups (broad SMARTS) is 1. The Labute approximate surface area is 84.3 Å². The number of benzene rings is 1. The zero-order chi connectivity index (χ0) is 11.5. The molecule has 0 saturated heterocycles. The van der Waals surface area contributed by atoms with E-state index in [2.05, 4.69) is 0 Å². The van der Waals surface area contributed by atoms with Crippen LogP contribution in [0.4, 0.5) is 13.2 Å². The summed E-state index contributed by atoms with van der Waals surface area (Å²) in [7, 11) is 0. The van der Waals surface area contributed by atoms with Crippen LogP contribution in [0.1, 0.15) is 17.9 Å². The Kier molecular flexibility index (Phi) is 3.34. The molecule has 1 atom stereocenters. The molecule has 1 aromatic carbocycles. The Morgan fingerprint density at radius 3 is 2.20 bits per heavy atom. The van der Waals surface area contributed by atoms with Crippen molar-refractivity contribution in [3.8, 4) is 0 Å². The number of carbonyl (C=O) groups is 1. The lowest BCUT2D eigenvalue weighted by Gasteiger charge is -2.18. The van der Waals surface area contributed by atoms with Crippen molar-refractivity contribution in [2.75, 3.05) is 0 Å². The highest BCUT2D eigenvalue weighted by Gasteiger charge is 2.41. The van der Waals surface area contributed by atoms with Gasteiger partial charge in [-0.15, -0.1) is 0 Å². The molecule has 0 aliphatic heterocycles. The molecule has 0 saturated carbocycles. The highest BCUT2D eigenvalue weighted by Crippen LogP contribution is 2.37. The molecule has 1 N–H and O–H groups in total. The Morgan fingerprint density at radius 1 is 1.27 bits per heavy atom. The van der Waals surface area contributed by atoms with E-state index in [-0.39, 0.29) is 5.56 Å². The minimum atomic E-state index is -4.53. The fourth-order valence-corrected chi connectivity index (χ4v) is 1.28. The quantitative estimate of drug-likeness (QED) is 0.846. The van der Waals surface area contributed by atoms with Crippen LogP contribution >= 0.6 is 0 Å². The number of halogens is 3. The van der Waals surface area contributed by atoms with Gasteiger partial charge < -0.3 is 5.11 Å². The van der Waals surface area contributed by atoms with E-state index < -0.39 is 24.5 Å². The predicted octanol–water partition coefficient (Wildman–Crippen LogP) is 2.81. The molecule has 0 aromatic heterocycles. The van der Waals surface area contributed by atoms with Crippen molar-refractivity contribution in [2.45, 2.75) is 18.5 Å². The van der Waals surface area contributed by atoms with Crippen molar-refractivity contribution in [3.63, 3.8) is 0 Å². The second kappa shape index (κ2) is 4.33. The monoisotopic (exact) mass is 218 g/mol. The summed E-state index contributed by atoms with van der Waals surface area (Å²) in [5, 5.41) is 8.41. The van der Waals surface area contributed by atoms with Gasteiger partial charge in [-0.05, 0) is 5.56 Å². The van der Waals surface area contributed by atoms with Gasteiger partial charge in [-0.3, -0.25) is 4.79 Å². The summed E-state index contributed by atoms with van der Waals surface area (Å²) < 4.78 is 37.5. The minimum Gasteiger partial charge on any atom is -0.481 e. The molecule has 0 aliphatic rings. The summed E-state index contributed by atoms with van der Waals surface area (Å²) in [5.41, 5.74) is -0.0209. The molecular weight excluding hydrogens is 209 g/mol. The Hall–Kier alpha value is -1.52. The second-order valence-electron chi connectivity index (χ2n) is 3.10. The van der Waals surface area contributed by atoms with E-state index in [0.29, 0.717) is 0 Å². The predicted molar refractivity (Wildman–Crippen MR) is 47.5 cm³/mol. The number of hydrogen-bond acceptors (Lipinski definition) is 1. The number of aliphatic carboxylic acids is 1. The lowest BCUT2D eigenvalue weighted by Crippen LogP contribution is -2.23. The SMILES string of the molecule is O=C(O)C[C@@H](c1ccccc1)C(F)(F)F. The summed E-state index contributed by atoms with van der Waals surface area (Å²) in [6.07, 6.45) is -5.47. The van der Waals surface area contributed by atoms with Crippen LogP contribution in [0.3, 0.4) is 0 Å². The van der Waals surface area contributed by atoms with Gasteiger partial charge in [0.2, 0.25) is 0 Å². The summed E-state index contributed by atoms with van der Waals surface area (Å²) in [4.78, 5) is 10.3. The lowest BCUT2D eigenvalue weighted by atomic mass is 9.95. The maximum atomic E-state index is 12.5. The third-order valence-electron chi connectivity index (χ3n) is 1.98. The van der Waals surface area contributed by atoms with Crippen molar-refractivity contribution in [1.82, 2.24) is 0 Å². The van der Waals surface area contributed by atoms with Gasteiger partial charge in [0.05, 0.1) is 12.3 Å². The molecule has 0 unspecified atom stereocenters. The number of rotatable bonds is 3. The fraction of sp³-hybridized carbons (Fsp3) is 0.300. The van der Waals surface area contributed by atoms with Gasteiger partial charge in [0.15, 0.2) is 0 Å². The first-order chi connectivity index (χ1) is 6.91. The Morgan fingerprint density at radius 2 is 1.80 bits per heavy atom. The van der Waals surface area contributed by atoms with Crippen LogP contribution in [0.15, 0.2) is 30.3 Å². The van der Waals surface area contributed by atoms with Crippen molar-refractivity contribution >= 4 is 5.97 Å². The molecule has 0 aliphatic carbocycles. The van der Waals surface area contributed by atoms with Crippen LogP contribution in [-0.2, 0) is 4.79 Å². The normalized spacial score (nSPS) is 13.5. The zero-order valence-corrected chi connectivity index (χ0v) is 7.66. The van der Waals surface area contributed by atoms with E-state index in [4.69, 9.17) is 5.11 Å². The molecule has 5 heteroatoms. The van der Waals surface area contributed by atoms with E-state index in [9.17, 15) is 18.0 Å². The van der Waals surface area contributed by atoms with Crippen LogP contribution in [0.5, 0.6) is 0 Å². The first-order valence-electron chi connectivity index (χ1n) is 4.24. The molecule has 0 amide bonds. The average Bonchev–Trinajstić information content (AvgIpc) is 2.14. The average molecular weight is 218 g/mol. The van der Waals surface area contributed by atoms with E-state index >= 15 is 0 Å². The number of carboxylic acids is 1. The number of hydrogen-bond donors (Lipinski definition) is 1. The molecule has 0 heterocycles. The fourth-order valence-electron chi connectivity index (χ4n) is 1.28. The van der Waals surface area contributed by atoms with E-state index in [1.54, 1.807) is 6.07 Å². The third kappa shape index (κ3) is 3.27. The molecule has 1 aromatic rings. The molecule has 0 radical (unpaired) electrons. The molecule has 1 rings (SSSR count). The lowest BCUT2D eigenvalue weighted by molar-refractivity contribution is -0.163. The van der Waals surface area contributed by atoms with Gasteiger partial charge in [0.25, 0.3) is 0 Å².